The molecule has 0 bridgehead atoms. The molecular formula is C8H4BrN2NaSe. The Kier molecular flexibility index (Phi) is 3.40. The van der Waals surface area contributed by atoms with Crippen LogP contribution in [0.3, 0.4) is 0 Å². The SMILES string of the molecule is [Na][Se]c1ncnc2ccc(Br)cc12. The Morgan fingerprint density at radius 1 is 1.31 bits per heavy atom. The van der Waals surface area contributed by atoms with Crippen molar-refractivity contribution in [1.29, 1.82) is 0 Å². The van der Waals surface area contributed by atoms with Gasteiger partial charge in [0.1, 0.15) is 0 Å². The zero-order valence-electron chi connectivity index (χ0n) is 6.99. The fraction of sp³-hybridized carbons (Fsp3) is 0. The molecule has 60 valence electrons. The third-order valence-corrected chi connectivity index (χ3v) is 5.75. The van der Waals surface area contributed by atoms with Crippen molar-refractivity contribution in [1.82, 2.24) is 9.97 Å². The zero-order chi connectivity index (χ0) is 9.26. The van der Waals surface area contributed by atoms with Gasteiger partial charge in [-0.3, -0.25) is 0 Å². The van der Waals surface area contributed by atoms with Crippen LogP contribution in [0.15, 0.2) is 29.0 Å². The standard InChI is InChI=1S/C8H5BrN2Se.Na/c9-5-1-2-7-6(3-5)8(12)11-4-10-7;/h1-4H,(H,10,11,12);/q;+1/p-1. The molecule has 0 atom stereocenters. The summed E-state index contributed by atoms with van der Waals surface area (Å²) >= 11 is 4.66. The molecule has 0 fully saturated rings. The molecule has 1 aromatic heterocycles. The molecule has 0 saturated heterocycles. The van der Waals surface area contributed by atoms with Crippen molar-refractivity contribution in [3.8, 4) is 0 Å². The third kappa shape index (κ3) is 2.14. The zero-order valence-corrected chi connectivity index (χ0v) is 12.3. The summed E-state index contributed by atoms with van der Waals surface area (Å²) in [6.07, 6.45) is 1.66. The van der Waals surface area contributed by atoms with Crippen LogP contribution >= 0.6 is 15.9 Å². The van der Waals surface area contributed by atoms with Crippen LogP contribution in [0.4, 0.5) is 0 Å². The summed E-state index contributed by atoms with van der Waals surface area (Å²) < 4.78 is 2.33. The number of fused-ring (bicyclic) bond motifs is 1. The summed E-state index contributed by atoms with van der Waals surface area (Å²) in [5.41, 5.74) is 1.05. The van der Waals surface area contributed by atoms with Gasteiger partial charge >= 0.3 is 106 Å². The van der Waals surface area contributed by atoms with E-state index in [1.165, 1.54) is 35.4 Å². The van der Waals surface area contributed by atoms with Gasteiger partial charge in [0.25, 0.3) is 0 Å². The molecule has 0 aliphatic rings. The van der Waals surface area contributed by atoms with Crippen molar-refractivity contribution in [2.24, 2.45) is 0 Å². The normalized spacial score (nSPS) is 10.7. The Morgan fingerprint density at radius 2 is 2.15 bits per heavy atom. The van der Waals surface area contributed by atoms with Gasteiger partial charge in [0.05, 0.1) is 0 Å². The molecule has 0 aliphatic carbocycles. The molecule has 2 aromatic rings. The summed E-state index contributed by atoms with van der Waals surface area (Å²) in [6, 6.07) is 6.14. The van der Waals surface area contributed by atoms with E-state index in [1.807, 2.05) is 12.1 Å². The maximum atomic E-state index is 4.30. The van der Waals surface area contributed by atoms with Gasteiger partial charge in [0, 0.05) is 0 Å². The summed E-state index contributed by atoms with van der Waals surface area (Å²) in [6.45, 7) is 0. The molecule has 0 spiro atoms. The molecule has 0 unspecified atom stereocenters. The fourth-order valence-electron chi connectivity index (χ4n) is 1.17. The van der Waals surface area contributed by atoms with Crippen molar-refractivity contribution in [2.75, 3.05) is 0 Å². The summed E-state index contributed by atoms with van der Waals surface area (Å²) in [5.74, 6) is 0. The second kappa shape index (κ2) is 4.39. The van der Waals surface area contributed by atoms with E-state index in [2.05, 4.69) is 32.0 Å². The van der Waals surface area contributed by atoms with Gasteiger partial charge in [-0.25, -0.2) is 0 Å². The Hall–Kier alpha value is 0.559. The number of hydrogen-bond acceptors (Lipinski definition) is 2. The number of hydrogen-bond donors (Lipinski definition) is 0. The van der Waals surface area contributed by atoms with Gasteiger partial charge in [-0.05, 0) is 0 Å². The first kappa shape index (κ1) is 10.1. The van der Waals surface area contributed by atoms with Crippen LogP contribution < -0.4 is 4.59 Å². The predicted molar refractivity (Wildman–Crippen MR) is 58.4 cm³/mol. The third-order valence-electron chi connectivity index (χ3n) is 1.75. The van der Waals surface area contributed by atoms with Crippen molar-refractivity contribution in [2.45, 2.75) is 0 Å². The minimum absolute atomic E-state index is 0.558. The van der Waals surface area contributed by atoms with E-state index in [9.17, 15) is 0 Å². The van der Waals surface area contributed by atoms with Gasteiger partial charge in [-0.2, -0.15) is 0 Å². The summed E-state index contributed by atoms with van der Waals surface area (Å²) in [7, 11) is 0.558. The number of benzene rings is 1. The van der Waals surface area contributed by atoms with Crippen LogP contribution in [-0.4, -0.2) is 45.9 Å². The minimum atomic E-state index is 0.558. The summed E-state index contributed by atoms with van der Waals surface area (Å²) in [5, 5.41) is 1.20. The van der Waals surface area contributed by atoms with Crippen molar-refractivity contribution in [3.05, 3.63) is 29.0 Å². The van der Waals surface area contributed by atoms with Gasteiger partial charge < -0.3 is 0 Å². The van der Waals surface area contributed by atoms with E-state index in [0.717, 1.165) is 9.99 Å². The van der Waals surface area contributed by atoms with Crippen LogP contribution in [0.5, 0.6) is 0 Å². The van der Waals surface area contributed by atoms with Crippen LogP contribution in [0.1, 0.15) is 0 Å². The van der Waals surface area contributed by atoms with Crippen molar-refractivity contribution < 1.29 is 0 Å². The molecule has 0 amide bonds. The predicted octanol–water partition coefficient (Wildman–Crippen LogP) is 0.805. The molecular weight excluding hydrogens is 306 g/mol. The first-order valence-corrected chi connectivity index (χ1v) is 11.4. The molecule has 0 radical (unpaired) electrons. The average molecular weight is 310 g/mol. The molecule has 5 heteroatoms. The van der Waals surface area contributed by atoms with Crippen molar-refractivity contribution >= 4 is 67.3 Å². The van der Waals surface area contributed by atoms with Gasteiger partial charge in [-0.15, -0.1) is 0 Å². The molecule has 0 aliphatic heterocycles. The molecule has 1 aromatic carbocycles. The molecule has 13 heavy (non-hydrogen) atoms. The fourth-order valence-corrected chi connectivity index (χ4v) is 4.34. The Morgan fingerprint density at radius 3 is 2.92 bits per heavy atom. The first-order valence-electron chi connectivity index (χ1n) is 3.75. The van der Waals surface area contributed by atoms with Gasteiger partial charge in [-0.1, -0.05) is 0 Å². The molecule has 0 N–H and O–H groups in total. The number of nitrogens with zero attached hydrogens (tertiary/aromatic N) is 2. The quantitative estimate of drug-likeness (QED) is 0.729. The number of halogens is 1. The van der Waals surface area contributed by atoms with Crippen molar-refractivity contribution in [3.63, 3.8) is 0 Å². The topological polar surface area (TPSA) is 25.8 Å². The Labute approximate surface area is 105 Å². The Bertz CT molecular complexity index is 449. The number of aromatic nitrogens is 2. The van der Waals surface area contributed by atoms with E-state index >= 15 is 0 Å². The molecule has 0 saturated carbocycles. The molecule has 2 nitrogen and oxygen atoms in total. The van der Waals surface area contributed by atoms with Crippen LogP contribution in [0.25, 0.3) is 10.9 Å². The van der Waals surface area contributed by atoms with Crippen LogP contribution in [0, 0.1) is 0 Å². The monoisotopic (exact) mass is 310 g/mol. The number of rotatable bonds is 1. The van der Waals surface area contributed by atoms with E-state index in [1.54, 1.807) is 6.33 Å². The average Bonchev–Trinajstić information content (AvgIpc) is 2.17. The van der Waals surface area contributed by atoms with E-state index in [-0.39, 0.29) is 0 Å². The second-order valence-electron chi connectivity index (χ2n) is 2.54. The Balaban J connectivity index is 2.79. The van der Waals surface area contributed by atoms with Gasteiger partial charge in [0.15, 0.2) is 0 Å². The maximum absolute atomic E-state index is 4.30. The van der Waals surface area contributed by atoms with Crippen LogP contribution in [-0.2, 0) is 0 Å². The van der Waals surface area contributed by atoms with E-state index in [4.69, 9.17) is 0 Å². The second-order valence-corrected chi connectivity index (χ2v) is 7.25. The summed E-state index contributed by atoms with van der Waals surface area (Å²) in [4.78, 5) is 8.52. The first-order chi connectivity index (χ1) is 6.31. The van der Waals surface area contributed by atoms with E-state index in [0.29, 0.717) is 10.5 Å². The van der Waals surface area contributed by atoms with Gasteiger partial charge in [0.2, 0.25) is 0 Å². The van der Waals surface area contributed by atoms with E-state index < -0.39 is 0 Å². The molecule has 2 rings (SSSR count). The molecule has 1 heterocycles. The van der Waals surface area contributed by atoms with Crippen LogP contribution in [0.2, 0.25) is 0 Å².